The van der Waals surface area contributed by atoms with Crippen LogP contribution in [-0.4, -0.2) is 36.5 Å². The van der Waals surface area contributed by atoms with E-state index in [0.717, 1.165) is 11.3 Å². The minimum Gasteiger partial charge on any atom is -0.478 e. The van der Waals surface area contributed by atoms with Crippen molar-refractivity contribution in [3.63, 3.8) is 0 Å². The first kappa shape index (κ1) is 14.8. The van der Waals surface area contributed by atoms with Crippen LogP contribution in [0.2, 0.25) is 0 Å². The van der Waals surface area contributed by atoms with Gasteiger partial charge in [-0.05, 0) is 13.8 Å². The molecule has 2 N–H and O–H groups in total. The first-order valence-electron chi connectivity index (χ1n) is 6.42. The van der Waals surface area contributed by atoms with Gasteiger partial charge in [0.15, 0.2) is 0 Å². The SMILES string of the molecule is Cc1nn(C)cc1C(C)NC(=O)Cn1cc(C(=O)O)cn1. The Labute approximate surface area is 121 Å². The third-order valence-corrected chi connectivity index (χ3v) is 3.08. The van der Waals surface area contributed by atoms with E-state index in [2.05, 4.69) is 15.5 Å². The van der Waals surface area contributed by atoms with Crippen LogP contribution >= 0.6 is 0 Å². The van der Waals surface area contributed by atoms with Crippen LogP contribution in [-0.2, 0) is 18.4 Å². The van der Waals surface area contributed by atoms with E-state index in [1.165, 1.54) is 17.1 Å². The molecule has 1 amide bonds. The van der Waals surface area contributed by atoms with Crippen molar-refractivity contribution in [1.29, 1.82) is 0 Å². The number of nitrogens with one attached hydrogen (secondary N) is 1. The summed E-state index contributed by atoms with van der Waals surface area (Å²) in [5.74, 6) is -1.31. The molecule has 0 spiro atoms. The summed E-state index contributed by atoms with van der Waals surface area (Å²) in [6, 6.07) is -0.180. The highest BCUT2D eigenvalue weighted by Crippen LogP contribution is 2.15. The Bertz CT molecular complexity index is 673. The lowest BCUT2D eigenvalue weighted by molar-refractivity contribution is -0.122. The monoisotopic (exact) mass is 291 g/mol. The van der Waals surface area contributed by atoms with Crippen LogP contribution in [0.1, 0.15) is 34.6 Å². The maximum absolute atomic E-state index is 11.9. The number of carboxylic acid groups (broad SMARTS) is 1. The molecule has 0 bridgehead atoms. The average Bonchev–Trinajstić information content (AvgIpc) is 2.95. The molecule has 1 unspecified atom stereocenters. The zero-order chi connectivity index (χ0) is 15.6. The highest BCUT2D eigenvalue weighted by atomic mass is 16.4. The molecule has 2 heterocycles. The van der Waals surface area contributed by atoms with E-state index in [-0.39, 0.29) is 24.1 Å². The molecule has 8 heteroatoms. The summed E-state index contributed by atoms with van der Waals surface area (Å²) >= 11 is 0. The van der Waals surface area contributed by atoms with E-state index in [4.69, 9.17) is 5.11 Å². The fraction of sp³-hybridized carbons (Fsp3) is 0.385. The van der Waals surface area contributed by atoms with E-state index < -0.39 is 5.97 Å². The van der Waals surface area contributed by atoms with Gasteiger partial charge in [-0.2, -0.15) is 10.2 Å². The number of rotatable bonds is 5. The standard InChI is InChI=1S/C13H17N5O3/c1-8(11-6-17(3)16-9(11)2)15-12(19)7-18-5-10(4-14-18)13(20)21/h4-6,8H,7H2,1-3H3,(H,15,19)(H,20,21). The second-order valence-electron chi connectivity index (χ2n) is 4.86. The summed E-state index contributed by atoms with van der Waals surface area (Å²) < 4.78 is 2.99. The van der Waals surface area contributed by atoms with Gasteiger partial charge in [-0.1, -0.05) is 0 Å². The van der Waals surface area contributed by atoms with Crippen molar-refractivity contribution in [3.8, 4) is 0 Å². The van der Waals surface area contributed by atoms with Crippen LogP contribution < -0.4 is 5.32 Å². The number of carbonyl (C=O) groups excluding carboxylic acids is 1. The Morgan fingerprint density at radius 3 is 2.67 bits per heavy atom. The van der Waals surface area contributed by atoms with Crippen molar-refractivity contribution in [2.24, 2.45) is 7.05 Å². The number of aryl methyl sites for hydroxylation is 2. The predicted molar refractivity (Wildman–Crippen MR) is 73.7 cm³/mol. The molecule has 0 radical (unpaired) electrons. The van der Waals surface area contributed by atoms with Crippen molar-refractivity contribution in [1.82, 2.24) is 24.9 Å². The Kier molecular flexibility index (Phi) is 4.06. The van der Waals surface area contributed by atoms with Crippen molar-refractivity contribution >= 4 is 11.9 Å². The molecule has 1 atom stereocenters. The third-order valence-electron chi connectivity index (χ3n) is 3.08. The normalized spacial score (nSPS) is 12.1. The highest BCUT2D eigenvalue weighted by molar-refractivity contribution is 5.87. The molecule has 21 heavy (non-hydrogen) atoms. The van der Waals surface area contributed by atoms with Crippen LogP contribution in [0.25, 0.3) is 0 Å². The third kappa shape index (κ3) is 3.47. The molecular formula is C13H17N5O3. The lowest BCUT2D eigenvalue weighted by Crippen LogP contribution is -2.30. The number of aromatic carboxylic acids is 1. The summed E-state index contributed by atoms with van der Waals surface area (Å²) in [6.45, 7) is 3.72. The predicted octanol–water partition coefficient (Wildman–Crippen LogP) is 0.501. The zero-order valence-corrected chi connectivity index (χ0v) is 12.1. The van der Waals surface area contributed by atoms with Gasteiger partial charge in [0, 0.05) is 25.0 Å². The Morgan fingerprint density at radius 1 is 1.43 bits per heavy atom. The molecule has 0 fully saturated rings. The minimum atomic E-state index is -1.07. The first-order valence-corrected chi connectivity index (χ1v) is 6.42. The summed E-state index contributed by atoms with van der Waals surface area (Å²) in [4.78, 5) is 22.7. The van der Waals surface area contributed by atoms with Crippen molar-refractivity contribution in [2.45, 2.75) is 26.4 Å². The summed E-state index contributed by atoms with van der Waals surface area (Å²) in [5.41, 5.74) is 1.86. The van der Waals surface area contributed by atoms with Crippen LogP contribution in [0.3, 0.4) is 0 Å². The smallest absolute Gasteiger partial charge is 0.338 e. The van der Waals surface area contributed by atoms with Crippen molar-refractivity contribution in [3.05, 3.63) is 35.4 Å². The maximum atomic E-state index is 11.9. The molecule has 0 aliphatic rings. The number of hydrogen-bond donors (Lipinski definition) is 2. The largest absolute Gasteiger partial charge is 0.478 e. The molecule has 8 nitrogen and oxygen atoms in total. The Balaban J connectivity index is 1.97. The molecule has 0 saturated carbocycles. The molecular weight excluding hydrogens is 274 g/mol. The van der Waals surface area contributed by atoms with Gasteiger partial charge in [-0.15, -0.1) is 0 Å². The van der Waals surface area contributed by atoms with Gasteiger partial charge < -0.3 is 10.4 Å². The molecule has 2 aromatic rings. The summed E-state index contributed by atoms with van der Waals surface area (Å²) in [7, 11) is 1.82. The van der Waals surface area contributed by atoms with Gasteiger partial charge in [0.05, 0.1) is 23.5 Å². The molecule has 0 aliphatic carbocycles. The molecule has 0 saturated heterocycles. The summed E-state index contributed by atoms with van der Waals surface area (Å²) in [5, 5.41) is 19.7. The lowest BCUT2D eigenvalue weighted by Gasteiger charge is -2.13. The van der Waals surface area contributed by atoms with E-state index in [1.54, 1.807) is 4.68 Å². The van der Waals surface area contributed by atoms with Gasteiger partial charge in [0.25, 0.3) is 0 Å². The fourth-order valence-corrected chi connectivity index (χ4v) is 2.12. The van der Waals surface area contributed by atoms with E-state index in [9.17, 15) is 9.59 Å². The van der Waals surface area contributed by atoms with E-state index in [0.29, 0.717) is 0 Å². The Hall–Kier alpha value is -2.64. The second kappa shape index (κ2) is 5.78. The molecule has 112 valence electrons. The number of amides is 1. The van der Waals surface area contributed by atoms with Crippen LogP contribution in [0.15, 0.2) is 18.6 Å². The van der Waals surface area contributed by atoms with Gasteiger partial charge in [-0.3, -0.25) is 14.2 Å². The van der Waals surface area contributed by atoms with E-state index >= 15 is 0 Å². The average molecular weight is 291 g/mol. The quantitative estimate of drug-likeness (QED) is 0.835. The number of hydrogen-bond acceptors (Lipinski definition) is 4. The van der Waals surface area contributed by atoms with Crippen molar-refractivity contribution < 1.29 is 14.7 Å². The lowest BCUT2D eigenvalue weighted by atomic mass is 10.1. The van der Waals surface area contributed by atoms with Gasteiger partial charge >= 0.3 is 5.97 Å². The Morgan fingerprint density at radius 2 is 2.14 bits per heavy atom. The van der Waals surface area contributed by atoms with Gasteiger partial charge in [-0.25, -0.2) is 4.79 Å². The zero-order valence-electron chi connectivity index (χ0n) is 12.1. The topological polar surface area (TPSA) is 102 Å². The van der Waals surface area contributed by atoms with Crippen LogP contribution in [0.4, 0.5) is 0 Å². The number of aromatic nitrogens is 4. The first-order chi connectivity index (χ1) is 9.86. The minimum absolute atomic E-state index is 0.0308. The molecule has 2 aromatic heterocycles. The van der Waals surface area contributed by atoms with Gasteiger partial charge in [0.2, 0.25) is 5.91 Å². The molecule has 0 aromatic carbocycles. The fourth-order valence-electron chi connectivity index (χ4n) is 2.12. The number of nitrogens with zero attached hydrogens (tertiary/aromatic N) is 4. The van der Waals surface area contributed by atoms with Crippen molar-refractivity contribution in [2.75, 3.05) is 0 Å². The number of carbonyl (C=O) groups is 2. The van der Waals surface area contributed by atoms with E-state index in [1.807, 2.05) is 27.1 Å². The highest BCUT2D eigenvalue weighted by Gasteiger charge is 2.15. The summed E-state index contributed by atoms with van der Waals surface area (Å²) in [6.07, 6.45) is 4.39. The van der Waals surface area contributed by atoms with Gasteiger partial charge in [0.1, 0.15) is 6.54 Å². The van der Waals surface area contributed by atoms with Crippen LogP contribution in [0.5, 0.6) is 0 Å². The second-order valence-corrected chi connectivity index (χ2v) is 4.86. The van der Waals surface area contributed by atoms with Crippen LogP contribution in [0, 0.1) is 6.92 Å². The maximum Gasteiger partial charge on any atom is 0.338 e. The molecule has 2 rings (SSSR count). The molecule has 0 aliphatic heterocycles. The number of carboxylic acids is 1.